The maximum atomic E-state index is 11.1. The van der Waals surface area contributed by atoms with E-state index in [1.54, 1.807) is 6.20 Å². The zero-order valence-corrected chi connectivity index (χ0v) is 28.5. The highest BCUT2D eigenvalue weighted by Gasteiger charge is 2.62. The Labute approximate surface area is 273 Å². The number of methoxy groups -OCH3 is 1. The van der Waals surface area contributed by atoms with Crippen molar-refractivity contribution in [3.8, 4) is 23.0 Å². The predicted octanol–water partition coefficient (Wildman–Crippen LogP) is 6.49. The van der Waals surface area contributed by atoms with Gasteiger partial charge in [0.25, 0.3) is 10.1 Å². The van der Waals surface area contributed by atoms with Crippen LogP contribution < -0.4 is 5.73 Å². The minimum atomic E-state index is -3.92. The number of ether oxygens (including phenoxy) is 1. The first-order valence-electron chi connectivity index (χ1n) is 16.3. The van der Waals surface area contributed by atoms with E-state index in [0.717, 1.165) is 79.3 Å². The normalized spacial score (nSPS) is 29.9. The van der Waals surface area contributed by atoms with Crippen molar-refractivity contribution in [1.29, 1.82) is 0 Å². The van der Waals surface area contributed by atoms with Crippen LogP contribution in [-0.2, 0) is 26.9 Å². The molecule has 3 atom stereocenters. The molecule has 7 rings (SSSR count). The topological polar surface area (TPSA) is 127 Å². The van der Waals surface area contributed by atoms with E-state index in [1.165, 1.54) is 11.1 Å². The highest BCUT2D eigenvalue weighted by atomic mass is 32.2. The summed E-state index contributed by atoms with van der Waals surface area (Å²) in [5, 5.41) is 0. The number of aliphatic imine (C=N–C) groups is 2. The van der Waals surface area contributed by atoms with Gasteiger partial charge in [-0.25, -0.2) is 4.99 Å². The molecular weight excluding hydrogens is 596 g/mol. The minimum Gasteiger partial charge on any atom is -0.382 e. The number of fused-ring (bicyclic) bond motifs is 5. The fourth-order valence-corrected chi connectivity index (χ4v) is 10.7. The van der Waals surface area contributed by atoms with Gasteiger partial charge in [0, 0.05) is 47.0 Å². The molecule has 3 N–H and O–H groups in total. The first-order chi connectivity index (χ1) is 21.7. The van der Waals surface area contributed by atoms with Crippen molar-refractivity contribution in [2.75, 3.05) is 12.9 Å². The van der Waals surface area contributed by atoms with Gasteiger partial charge in [-0.2, -0.15) is 8.42 Å². The molecule has 4 aliphatic carbocycles. The van der Waals surface area contributed by atoms with Gasteiger partial charge in [0.05, 0.1) is 17.6 Å². The van der Waals surface area contributed by atoms with Crippen LogP contribution in [0.4, 0.5) is 0 Å². The average molecular weight is 643 g/mol. The SMILES string of the molecule is C=C1CC2CC[C@]1(CS(=O)(=O)O)C2(C)C.CC#Cc1cncc(-c2ccc3c(c2)[C@@]2(N=C(C)C(N)=N2)C2(CCC(OC)CC2)C3)c1. The molecule has 1 unspecified atom stereocenters. The molecule has 2 bridgehead atoms. The van der Waals surface area contributed by atoms with Crippen LogP contribution in [0.1, 0.15) is 89.3 Å². The molecule has 9 heteroatoms. The van der Waals surface area contributed by atoms with E-state index < -0.39 is 15.8 Å². The third kappa shape index (κ3) is 5.14. The van der Waals surface area contributed by atoms with Gasteiger partial charge < -0.3 is 10.5 Å². The van der Waals surface area contributed by atoms with Crippen molar-refractivity contribution in [3.05, 3.63) is 65.5 Å². The summed E-state index contributed by atoms with van der Waals surface area (Å²) in [6.07, 6.45) is 12.0. The second kappa shape index (κ2) is 11.4. The Morgan fingerprint density at radius 3 is 2.39 bits per heavy atom. The predicted molar refractivity (Wildman–Crippen MR) is 183 cm³/mol. The molecule has 244 valence electrons. The van der Waals surface area contributed by atoms with Gasteiger partial charge in [0.2, 0.25) is 0 Å². The molecule has 0 saturated heterocycles. The average Bonchev–Trinajstić information content (AvgIpc) is 3.60. The molecule has 1 aromatic carbocycles. The fraction of sp³-hybridized carbons (Fsp3) is 0.541. The van der Waals surface area contributed by atoms with Crippen molar-refractivity contribution >= 4 is 21.7 Å². The van der Waals surface area contributed by atoms with Crippen LogP contribution in [0.5, 0.6) is 0 Å². The summed E-state index contributed by atoms with van der Waals surface area (Å²) >= 11 is 0. The number of hydrogen-bond acceptors (Lipinski definition) is 7. The molecule has 1 aliphatic heterocycles. The van der Waals surface area contributed by atoms with Crippen LogP contribution in [0.15, 0.2) is 58.8 Å². The van der Waals surface area contributed by atoms with E-state index in [-0.39, 0.29) is 22.0 Å². The molecule has 0 radical (unpaired) electrons. The molecule has 5 aliphatic rings. The van der Waals surface area contributed by atoms with Gasteiger partial charge in [-0.1, -0.05) is 44.1 Å². The standard InChI is InChI=1S/C26H28N4O.C11H18O3S/c1-4-5-18-12-21(16-28-15-18)19-6-7-20-14-25(10-8-22(31-3)9-11-25)26(23(20)13-19)29-17(2)24(27)30-26;1-8-6-9-4-5-11(8,10(9,2)3)7-15(12,13)14/h6-7,12-13,15-16,22H,8-11,14H2,1-3H3,(H2,27,30);9H,1,4-7H2,2-3H3,(H,12,13,14)/t22?,25?,26-;9?,11-/m01/s1. The van der Waals surface area contributed by atoms with E-state index in [1.807, 2.05) is 27.2 Å². The number of nitrogens with two attached hydrogens (primary N) is 1. The van der Waals surface area contributed by atoms with Gasteiger partial charge >= 0.3 is 0 Å². The third-order valence-corrected chi connectivity index (χ3v) is 12.9. The Bertz CT molecular complexity index is 1790. The molecule has 8 nitrogen and oxygen atoms in total. The Hall–Kier alpha value is -3.32. The van der Waals surface area contributed by atoms with Crippen molar-refractivity contribution in [1.82, 2.24) is 4.98 Å². The molecule has 3 fully saturated rings. The van der Waals surface area contributed by atoms with Gasteiger partial charge in [-0.15, -0.1) is 5.92 Å². The van der Waals surface area contributed by atoms with Crippen LogP contribution in [0, 0.1) is 34.0 Å². The summed E-state index contributed by atoms with van der Waals surface area (Å²) in [7, 11) is -2.10. The van der Waals surface area contributed by atoms with Crippen molar-refractivity contribution in [2.24, 2.45) is 37.9 Å². The van der Waals surface area contributed by atoms with Crippen LogP contribution in [-0.4, -0.2) is 48.5 Å². The Morgan fingerprint density at radius 2 is 1.83 bits per heavy atom. The second-order valence-corrected chi connectivity index (χ2v) is 16.0. The summed E-state index contributed by atoms with van der Waals surface area (Å²) in [6, 6.07) is 8.78. The maximum Gasteiger partial charge on any atom is 0.265 e. The van der Waals surface area contributed by atoms with Gasteiger partial charge in [-0.05, 0) is 99.8 Å². The number of pyridine rings is 1. The highest BCUT2D eigenvalue weighted by Crippen LogP contribution is 2.68. The van der Waals surface area contributed by atoms with Gasteiger partial charge in [0.1, 0.15) is 5.84 Å². The van der Waals surface area contributed by atoms with E-state index >= 15 is 0 Å². The van der Waals surface area contributed by atoms with Crippen molar-refractivity contribution in [3.63, 3.8) is 0 Å². The molecule has 46 heavy (non-hydrogen) atoms. The highest BCUT2D eigenvalue weighted by molar-refractivity contribution is 7.85. The van der Waals surface area contributed by atoms with E-state index in [0.29, 0.717) is 17.9 Å². The lowest BCUT2D eigenvalue weighted by molar-refractivity contribution is -0.000372. The molecule has 0 amide bonds. The molecule has 2 aromatic rings. The fourth-order valence-electron chi connectivity index (χ4n) is 9.31. The lowest BCUT2D eigenvalue weighted by Gasteiger charge is -2.44. The Morgan fingerprint density at radius 1 is 1.09 bits per heavy atom. The molecule has 3 saturated carbocycles. The lowest BCUT2D eigenvalue weighted by Crippen LogP contribution is -2.43. The first kappa shape index (κ1) is 32.6. The van der Waals surface area contributed by atoms with Crippen LogP contribution in [0.2, 0.25) is 0 Å². The zero-order valence-electron chi connectivity index (χ0n) is 27.7. The second-order valence-electron chi connectivity index (χ2n) is 14.5. The monoisotopic (exact) mass is 642 g/mol. The Balaban J connectivity index is 0.000000208. The van der Waals surface area contributed by atoms with Crippen LogP contribution in [0.25, 0.3) is 11.1 Å². The summed E-state index contributed by atoms with van der Waals surface area (Å²) in [5.41, 5.74) is 12.7. The van der Waals surface area contributed by atoms with Crippen molar-refractivity contribution in [2.45, 2.75) is 90.8 Å². The van der Waals surface area contributed by atoms with E-state index in [9.17, 15) is 8.42 Å². The molecular formula is C37H46N4O4S. The van der Waals surface area contributed by atoms with E-state index in [4.69, 9.17) is 25.0 Å². The zero-order chi connectivity index (χ0) is 33.1. The van der Waals surface area contributed by atoms with E-state index in [2.05, 4.69) is 61.5 Å². The smallest absolute Gasteiger partial charge is 0.265 e. The number of allylic oxidation sites excluding steroid dienone is 1. The summed E-state index contributed by atoms with van der Waals surface area (Å²) in [6.45, 7) is 12.0. The van der Waals surface area contributed by atoms with Crippen LogP contribution >= 0.6 is 0 Å². The van der Waals surface area contributed by atoms with Gasteiger partial charge in [-0.3, -0.25) is 14.5 Å². The summed E-state index contributed by atoms with van der Waals surface area (Å²) < 4.78 is 37.0. The molecule has 1 aromatic heterocycles. The first-order valence-corrected chi connectivity index (χ1v) is 17.9. The lowest BCUT2D eigenvalue weighted by atomic mass is 9.65. The number of nitrogens with zero attached hydrogens (tertiary/aromatic N) is 3. The number of amidine groups is 1. The maximum absolute atomic E-state index is 11.1. The number of rotatable bonds is 4. The largest absolute Gasteiger partial charge is 0.382 e. The van der Waals surface area contributed by atoms with Crippen LogP contribution in [0.3, 0.4) is 0 Å². The summed E-state index contributed by atoms with van der Waals surface area (Å²) in [5.74, 6) is 7.00. The minimum absolute atomic E-state index is 0.0418. The summed E-state index contributed by atoms with van der Waals surface area (Å²) in [4.78, 5) is 14.6. The third-order valence-electron chi connectivity index (χ3n) is 12.1. The molecule has 2 heterocycles. The number of benzene rings is 1. The number of aromatic nitrogens is 1. The van der Waals surface area contributed by atoms with Gasteiger partial charge in [0.15, 0.2) is 5.66 Å². The quantitative estimate of drug-likeness (QED) is 0.223. The Kier molecular flexibility index (Phi) is 8.10. The number of hydrogen-bond donors (Lipinski definition) is 2. The molecule has 2 spiro atoms. The van der Waals surface area contributed by atoms with Crippen molar-refractivity contribution < 1.29 is 17.7 Å².